The molecule has 3 rings (SSSR count). The van der Waals surface area contributed by atoms with Crippen molar-refractivity contribution < 1.29 is 4.79 Å². The second-order valence-electron chi connectivity index (χ2n) is 6.18. The van der Waals surface area contributed by atoms with Crippen LogP contribution < -0.4 is 10.6 Å². The number of rotatable bonds is 5. The number of piperidine rings is 1. The first-order chi connectivity index (χ1) is 11.1. The van der Waals surface area contributed by atoms with Crippen LogP contribution in [0.3, 0.4) is 0 Å². The molecule has 7 heteroatoms. The molecule has 1 aliphatic rings. The van der Waals surface area contributed by atoms with E-state index in [0.717, 1.165) is 36.6 Å². The second kappa shape index (κ2) is 7.23. The van der Waals surface area contributed by atoms with Crippen molar-refractivity contribution in [2.75, 3.05) is 13.1 Å². The van der Waals surface area contributed by atoms with Crippen LogP contribution in [0.4, 0.5) is 0 Å². The normalized spacial score (nSPS) is 18.3. The number of carbonyl (C=O) groups is 1. The summed E-state index contributed by atoms with van der Waals surface area (Å²) >= 11 is 1.58. The van der Waals surface area contributed by atoms with Gasteiger partial charge < -0.3 is 10.6 Å². The summed E-state index contributed by atoms with van der Waals surface area (Å²) in [7, 11) is 0. The van der Waals surface area contributed by atoms with E-state index in [-0.39, 0.29) is 5.91 Å². The van der Waals surface area contributed by atoms with Crippen LogP contribution in [-0.2, 0) is 6.54 Å². The molecule has 6 nitrogen and oxygen atoms in total. The van der Waals surface area contributed by atoms with Gasteiger partial charge in [-0.25, -0.2) is 4.98 Å². The molecule has 0 aliphatic carbocycles. The molecule has 1 aliphatic heterocycles. The number of hydrogen-bond acceptors (Lipinski definition) is 5. The Hall–Kier alpha value is -1.73. The molecule has 1 unspecified atom stereocenters. The van der Waals surface area contributed by atoms with Gasteiger partial charge in [0.05, 0.1) is 18.3 Å². The van der Waals surface area contributed by atoms with Crippen LogP contribution >= 0.6 is 11.3 Å². The van der Waals surface area contributed by atoms with Gasteiger partial charge in [-0.15, -0.1) is 11.3 Å². The molecule has 0 radical (unpaired) electrons. The van der Waals surface area contributed by atoms with Crippen LogP contribution in [0.25, 0.3) is 0 Å². The van der Waals surface area contributed by atoms with Gasteiger partial charge in [0.2, 0.25) is 0 Å². The van der Waals surface area contributed by atoms with Gasteiger partial charge in [-0.3, -0.25) is 9.48 Å². The molecule has 0 saturated carbocycles. The van der Waals surface area contributed by atoms with Gasteiger partial charge >= 0.3 is 0 Å². The zero-order valence-electron chi connectivity index (χ0n) is 13.6. The number of nitrogens with one attached hydrogen (secondary N) is 2. The zero-order chi connectivity index (χ0) is 16.2. The first kappa shape index (κ1) is 16.1. The first-order valence-corrected chi connectivity index (χ1v) is 9.00. The summed E-state index contributed by atoms with van der Waals surface area (Å²) in [6.07, 6.45) is 4.15. The average molecular weight is 333 g/mol. The van der Waals surface area contributed by atoms with Crippen molar-refractivity contribution in [3.05, 3.63) is 34.0 Å². The fourth-order valence-corrected chi connectivity index (χ4v) is 3.53. The van der Waals surface area contributed by atoms with Crippen LogP contribution in [0.15, 0.2) is 17.6 Å². The SMILES string of the molecule is CC(C)c1csc(CNC(=O)c2ccn(C3CCCNC3)n2)n1. The zero-order valence-corrected chi connectivity index (χ0v) is 14.4. The van der Waals surface area contributed by atoms with Gasteiger partial charge in [0.25, 0.3) is 5.91 Å². The van der Waals surface area contributed by atoms with Crippen LogP contribution in [-0.4, -0.2) is 33.8 Å². The Labute approximate surface area is 140 Å². The quantitative estimate of drug-likeness (QED) is 0.881. The van der Waals surface area contributed by atoms with E-state index in [1.54, 1.807) is 17.4 Å². The van der Waals surface area contributed by atoms with Gasteiger partial charge in [0.1, 0.15) is 10.7 Å². The van der Waals surface area contributed by atoms with Gasteiger partial charge in [0, 0.05) is 18.1 Å². The number of hydrogen-bond donors (Lipinski definition) is 2. The molecule has 1 fully saturated rings. The third-order valence-electron chi connectivity index (χ3n) is 4.05. The summed E-state index contributed by atoms with van der Waals surface area (Å²) < 4.78 is 1.90. The highest BCUT2D eigenvalue weighted by Crippen LogP contribution is 2.18. The maximum absolute atomic E-state index is 12.2. The summed E-state index contributed by atoms with van der Waals surface area (Å²) in [4.78, 5) is 16.8. The smallest absolute Gasteiger partial charge is 0.272 e. The van der Waals surface area contributed by atoms with Crippen molar-refractivity contribution in [1.82, 2.24) is 25.4 Å². The van der Waals surface area contributed by atoms with Gasteiger partial charge in [-0.1, -0.05) is 13.8 Å². The van der Waals surface area contributed by atoms with E-state index in [9.17, 15) is 4.79 Å². The maximum atomic E-state index is 12.2. The molecule has 2 N–H and O–H groups in total. The molecule has 1 saturated heterocycles. The molecule has 1 amide bonds. The fraction of sp³-hybridized carbons (Fsp3) is 0.562. The number of carbonyl (C=O) groups excluding carboxylic acids is 1. The Kier molecular flexibility index (Phi) is 5.07. The summed E-state index contributed by atoms with van der Waals surface area (Å²) in [5.41, 5.74) is 1.55. The molecule has 0 spiro atoms. The predicted octanol–water partition coefficient (Wildman–Crippen LogP) is 2.32. The number of nitrogens with zero attached hydrogens (tertiary/aromatic N) is 3. The standard InChI is InChI=1S/C16H23N5OS/c1-11(2)14-10-23-15(19-14)9-18-16(22)13-5-7-21(20-13)12-4-3-6-17-8-12/h5,7,10-12,17H,3-4,6,8-9H2,1-2H3,(H,18,22). The summed E-state index contributed by atoms with van der Waals surface area (Å²) in [6.45, 7) is 6.67. The van der Waals surface area contributed by atoms with Crippen LogP contribution in [0.2, 0.25) is 0 Å². The Morgan fingerprint density at radius 2 is 2.43 bits per heavy atom. The highest BCUT2D eigenvalue weighted by molar-refractivity contribution is 7.09. The molecule has 0 bridgehead atoms. The lowest BCUT2D eigenvalue weighted by atomic mass is 10.1. The van der Waals surface area contributed by atoms with Crippen LogP contribution in [0, 0.1) is 0 Å². The summed E-state index contributed by atoms with van der Waals surface area (Å²) in [5.74, 6) is 0.268. The minimum Gasteiger partial charge on any atom is -0.344 e. The van der Waals surface area contributed by atoms with Gasteiger partial charge in [-0.2, -0.15) is 5.10 Å². The lowest BCUT2D eigenvalue weighted by molar-refractivity contribution is 0.0944. The first-order valence-electron chi connectivity index (χ1n) is 8.12. The Morgan fingerprint density at radius 1 is 1.57 bits per heavy atom. The molecular weight excluding hydrogens is 310 g/mol. The Morgan fingerprint density at radius 3 is 3.13 bits per heavy atom. The van der Waals surface area contributed by atoms with E-state index in [0.29, 0.717) is 24.2 Å². The van der Waals surface area contributed by atoms with E-state index in [1.807, 2.05) is 10.9 Å². The predicted molar refractivity (Wildman–Crippen MR) is 90.7 cm³/mol. The molecule has 124 valence electrons. The van der Waals surface area contributed by atoms with Gasteiger partial charge in [0.15, 0.2) is 0 Å². The third kappa shape index (κ3) is 3.97. The van der Waals surface area contributed by atoms with Crippen molar-refractivity contribution in [1.29, 1.82) is 0 Å². The van der Waals surface area contributed by atoms with E-state index < -0.39 is 0 Å². The minimum absolute atomic E-state index is 0.145. The maximum Gasteiger partial charge on any atom is 0.272 e. The number of amides is 1. The Bertz CT molecular complexity index is 657. The topological polar surface area (TPSA) is 71.8 Å². The highest BCUT2D eigenvalue weighted by atomic mass is 32.1. The van der Waals surface area contributed by atoms with E-state index in [4.69, 9.17) is 0 Å². The lowest BCUT2D eigenvalue weighted by Gasteiger charge is -2.22. The Balaban J connectivity index is 1.56. The van der Waals surface area contributed by atoms with Crippen molar-refractivity contribution >= 4 is 17.2 Å². The van der Waals surface area contributed by atoms with Gasteiger partial charge in [-0.05, 0) is 31.4 Å². The molecule has 1 atom stereocenters. The second-order valence-corrected chi connectivity index (χ2v) is 7.13. The van der Waals surface area contributed by atoms with Crippen molar-refractivity contribution in [3.63, 3.8) is 0 Å². The number of thiazole rings is 1. The fourth-order valence-electron chi connectivity index (χ4n) is 2.64. The van der Waals surface area contributed by atoms with Crippen molar-refractivity contribution in [3.8, 4) is 0 Å². The number of aromatic nitrogens is 3. The molecule has 23 heavy (non-hydrogen) atoms. The lowest BCUT2D eigenvalue weighted by Crippen LogP contribution is -2.32. The van der Waals surface area contributed by atoms with Crippen LogP contribution in [0.1, 0.15) is 59.8 Å². The molecule has 2 aromatic rings. The highest BCUT2D eigenvalue weighted by Gasteiger charge is 2.17. The molecular formula is C16H23N5OS. The molecule has 0 aromatic carbocycles. The summed E-state index contributed by atoms with van der Waals surface area (Å²) in [5, 5.41) is 13.7. The minimum atomic E-state index is -0.145. The largest absolute Gasteiger partial charge is 0.344 e. The van der Waals surface area contributed by atoms with Crippen LogP contribution in [0.5, 0.6) is 0 Å². The molecule has 3 heterocycles. The van der Waals surface area contributed by atoms with Crippen molar-refractivity contribution in [2.45, 2.75) is 45.2 Å². The van der Waals surface area contributed by atoms with E-state index >= 15 is 0 Å². The molecule has 2 aromatic heterocycles. The van der Waals surface area contributed by atoms with E-state index in [2.05, 4.69) is 39.9 Å². The summed E-state index contributed by atoms with van der Waals surface area (Å²) in [6, 6.07) is 2.13. The van der Waals surface area contributed by atoms with E-state index in [1.165, 1.54) is 0 Å². The average Bonchev–Trinajstić information content (AvgIpc) is 3.23. The monoisotopic (exact) mass is 333 g/mol. The van der Waals surface area contributed by atoms with Crippen molar-refractivity contribution in [2.24, 2.45) is 0 Å². The third-order valence-corrected chi connectivity index (χ3v) is 4.91.